The van der Waals surface area contributed by atoms with Crippen LogP contribution in [0.15, 0.2) is 0 Å². The molecule has 6 heteroatoms. The summed E-state index contributed by atoms with van der Waals surface area (Å²) in [6.07, 6.45) is 0. The van der Waals surface area contributed by atoms with Crippen molar-refractivity contribution in [3.8, 4) is 0 Å². The van der Waals surface area contributed by atoms with Crippen LogP contribution in [0, 0.1) is 11.8 Å². The number of halogens is 2. The highest BCUT2D eigenvalue weighted by Gasteiger charge is 2.22. The second kappa shape index (κ2) is 11.3. The smallest absolute Gasteiger partial charge is 0.0623 e. The highest BCUT2D eigenvalue weighted by atomic mass is 35.5. The third-order valence-electron chi connectivity index (χ3n) is 3.47. The van der Waals surface area contributed by atoms with Crippen LogP contribution in [0.5, 0.6) is 0 Å². The normalized spacial score (nSPS) is 34.0. The third kappa shape index (κ3) is 6.55. The maximum absolute atomic E-state index is 5.20. The van der Waals surface area contributed by atoms with Crippen molar-refractivity contribution in [2.45, 2.75) is 25.9 Å². The molecular weight excluding hydrogens is 275 g/mol. The summed E-state index contributed by atoms with van der Waals surface area (Å²) in [7, 11) is 3.96. The summed E-state index contributed by atoms with van der Waals surface area (Å²) in [5.74, 6) is 1.39. The van der Waals surface area contributed by atoms with Crippen LogP contribution in [0.4, 0.5) is 0 Å². The van der Waals surface area contributed by atoms with Crippen molar-refractivity contribution in [1.82, 2.24) is 10.6 Å². The summed E-state index contributed by atoms with van der Waals surface area (Å²) < 4.78 is 10.4. The molecule has 0 aromatic heterocycles. The number of ether oxygens (including phenoxy) is 2. The lowest BCUT2D eigenvalue weighted by Crippen LogP contribution is -2.30. The summed E-state index contributed by atoms with van der Waals surface area (Å²) in [5, 5.41) is 6.38. The summed E-state index contributed by atoms with van der Waals surface area (Å²) in [4.78, 5) is 0. The molecular formula is C12H28Cl2N2O2. The molecule has 2 aliphatic heterocycles. The SMILES string of the molecule is CN[C@@H]1COC[C@@H]1C.CN[C@H]1COC[C@H]1C.Cl.Cl. The Hall–Kier alpha value is 0.420. The molecule has 2 aliphatic rings. The zero-order valence-corrected chi connectivity index (χ0v) is 13.4. The molecule has 0 aromatic rings. The summed E-state index contributed by atoms with van der Waals surface area (Å²) in [6, 6.07) is 1.19. The lowest BCUT2D eigenvalue weighted by atomic mass is 10.1. The molecule has 2 fully saturated rings. The molecule has 112 valence electrons. The van der Waals surface area contributed by atoms with E-state index >= 15 is 0 Å². The number of nitrogens with one attached hydrogen (secondary N) is 2. The first-order valence-corrected chi connectivity index (χ1v) is 6.19. The van der Waals surface area contributed by atoms with Crippen molar-refractivity contribution in [3.63, 3.8) is 0 Å². The van der Waals surface area contributed by atoms with E-state index in [0.29, 0.717) is 23.9 Å². The van der Waals surface area contributed by atoms with Crippen LogP contribution in [-0.4, -0.2) is 52.6 Å². The highest BCUT2D eigenvalue weighted by molar-refractivity contribution is 5.85. The van der Waals surface area contributed by atoms with Crippen molar-refractivity contribution in [1.29, 1.82) is 0 Å². The van der Waals surface area contributed by atoms with Gasteiger partial charge in [0.15, 0.2) is 0 Å². The van der Waals surface area contributed by atoms with Gasteiger partial charge in [-0.2, -0.15) is 0 Å². The van der Waals surface area contributed by atoms with Crippen LogP contribution < -0.4 is 10.6 Å². The Morgan fingerprint density at radius 3 is 1.17 bits per heavy atom. The average molecular weight is 303 g/mol. The lowest BCUT2D eigenvalue weighted by Gasteiger charge is -2.09. The van der Waals surface area contributed by atoms with Gasteiger partial charge in [0.2, 0.25) is 0 Å². The minimum absolute atomic E-state index is 0. The average Bonchev–Trinajstić information content (AvgIpc) is 2.87. The predicted octanol–water partition coefficient (Wildman–Crippen LogP) is 1.32. The van der Waals surface area contributed by atoms with Gasteiger partial charge in [-0.15, -0.1) is 24.8 Å². The minimum atomic E-state index is 0. The van der Waals surface area contributed by atoms with Gasteiger partial charge in [0, 0.05) is 12.1 Å². The van der Waals surface area contributed by atoms with Gasteiger partial charge < -0.3 is 20.1 Å². The first kappa shape index (κ1) is 20.7. The molecule has 0 saturated carbocycles. The standard InChI is InChI=1S/2C6H13NO.2ClH/c2*1-5-3-8-4-6(5)7-2;;/h2*5-7H,3-4H2,1-2H3;2*1H/t2*5-,6+;;/m10../s1. The van der Waals surface area contributed by atoms with Crippen molar-refractivity contribution in [2.75, 3.05) is 40.5 Å². The second-order valence-corrected chi connectivity index (χ2v) is 4.82. The Morgan fingerprint density at radius 2 is 1.06 bits per heavy atom. The van der Waals surface area contributed by atoms with Gasteiger partial charge in [0.1, 0.15) is 0 Å². The maximum Gasteiger partial charge on any atom is 0.0623 e. The molecule has 4 nitrogen and oxygen atoms in total. The molecule has 2 heterocycles. The number of rotatable bonds is 2. The van der Waals surface area contributed by atoms with E-state index < -0.39 is 0 Å². The van der Waals surface area contributed by atoms with Gasteiger partial charge in [-0.25, -0.2) is 0 Å². The molecule has 0 unspecified atom stereocenters. The summed E-state index contributed by atoms with van der Waals surface area (Å²) >= 11 is 0. The number of hydrogen-bond acceptors (Lipinski definition) is 4. The fourth-order valence-corrected chi connectivity index (χ4v) is 2.06. The molecule has 2 N–H and O–H groups in total. The fourth-order valence-electron chi connectivity index (χ4n) is 2.06. The lowest BCUT2D eigenvalue weighted by molar-refractivity contribution is 0.184. The Morgan fingerprint density at radius 1 is 0.722 bits per heavy atom. The van der Waals surface area contributed by atoms with Crippen LogP contribution in [0.2, 0.25) is 0 Å². The molecule has 2 saturated heterocycles. The third-order valence-corrected chi connectivity index (χ3v) is 3.47. The molecule has 2 rings (SSSR count). The van der Waals surface area contributed by atoms with E-state index in [1.807, 2.05) is 14.1 Å². The van der Waals surface area contributed by atoms with Crippen LogP contribution in [-0.2, 0) is 9.47 Å². The van der Waals surface area contributed by atoms with E-state index in [9.17, 15) is 0 Å². The van der Waals surface area contributed by atoms with Crippen LogP contribution >= 0.6 is 24.8 Å². The topological polar surface area (TPSA) is 42.5 Å². The van der Waals surface area contributed by atoms with E-state index in [1.54, 1.807) is 0 Å². The zero-order valence-electron chi connectivity index (χ0n) is 11.8. The van der Waals surface area contributed by atoms with Gasteiger partial charge in [-0.05, 0) is 25.9 Å². The molecule has 0 bridgehead atoms. The van der Waals surface area contributed by atoms with Crippen molar-refractivity contribution in [2.24, 2.45) is 11.8 Å². The first-order chi connectivity index (χ1) is 7.69. The minimum Gasteiger partial charge on any atom is -0.379 e. The van der Waals surface area contributed by atoms with Gasteiger partial charge in [0.25, 0.3) is 0 Å². The van der Waals surface area contributed by atoms with E-state index in [4.69, 9.17) is 9.47 Å². The van der Waals surface area contributed by atoms with Gasteiger partial charge in [-0.1, -0.05) is 13.8 Å². The van der Waals surface area contributed by atoms with Gasteiger partial charge in [-0.3, -0.25) is 0 Å². The second-order valence-electron chi connectivity index (χ2n) is 4.82. The van der Waals surface area contributed by atoms with Crippen LogP contribution in [0.3, 0.4) is 0 Å². The van der Waals surface area contributed by atoms with E-state index in [1.165, 1.54) is 0 Å². The molecule has 0 radical (unpaired) electrons. The van der Waals surface area contributed by atoms with Crippen molar-refractivity contribution < 1.29 is 9.47 Å². The highest BCUT2D eigenvalue weighted by Crippen LogP contribution is 2.11. The molecule has 4 atom stereocenters. The summed E-state index contributed by atoms with van der Waals surface area (Å²) in [5.41, 5.74) is 0. The predicted molar refractivity (Wildman–Crippen MR) is 80.2 cm³/mol. The molecule has 0 aliphatic carbocycles. The molecule has 0 amide bonds. The molecule has 0 aromatic carbocycles. The molecule has 0 spiro atoms. The van der Waals surface area contributed by atoms with Gasteiger partial charge in [0.05, 0.1) is 26.4 Å². The Labute approximate surface area is 123 Å². The van der Waals surface area contributed by atoms with E-state index in [-0.39, 0.29) is 24.8 Å². The maximum atomic E-state index is 5.20. The number of hydrogen-bond donors (Lipinski definition) is 2. The monoisotopic (exact) mass is 302 g/mol. The van der Waals surface area contributed by atoms with Crippen molar-refractivity contribution >= 4 is 24.8 Å². The first-order valence-electron chi connectivity index (χ1n) is 6.19. The Balaban J connectivity index is 0. The zero-order chi connectivity index (χ0) is 12.0. The fraction of sp³-hybridized carbons (Fsp3) is 1.00. The van der Waals surface area contributed by atoms with Gasteiger partial charge >= 0.3 is 0 Å². The van der Waals surface area contributed by atoms with Crippen LogP contribution in [0.25, 0.3) is 0 Å². The Bertz CT molecular complexity index is 179. The number of likely N-dealkylation sites (N-methyl/N-ethyl adjacent to an activating group) is 2. The van der Waals surface area contributed by atoms with E-state index in [2.05, 4.69) is 24.5 Å². The van der Waals surface area contributed by atoms with E-state index in [0.717, 1.165) is 26.4 Å². The summed E-state index contributed by atoms with van der Waals surface area (Å²) in [6.45, 7) is 8.02. The molecule has 18 heavy (non-hydrogen) atoms. The van der Waals surface area contributed by atoms with Crippen molar-refractivity contribution in [3.05, 3.63) is 0 Å². The largest absolute Gasteiger partial charge is 0.379 e. The quantitative estimate of drug-likeness (QED) is 0.807. The Kier molecular flexibility index (Phi) is 13.0. The van der Waals surface area contributed by atoms with Crippen LogP contribution in [0.1, 0.15) is 13.8 Å².